The van der Waals surface area contributed by atoms with Crippen LogP contribution in [-0.2, 0) is 6.42 Å². The zero-order valence-corrected chi connectivity index (χ0v) is 9.31. The summed E-state index contributed by atoms with van der Waals surface area (Å²) >= 11 is 8.11. The fourth-order valence-corrected chi connectivity index (χ4v) is 2.34. The highest BCUT2D eigenvalue weighted by molar-refractivity contribution is 7.15. The highest BCUT2D eigenvalue weighted by Crippen LogP contribution is 2.25. The van der Waals surface area contributed by atoms with Crippen molar-refractivity contribution >= 4 is 34.7 Å². The molecule has 4 nitrogen and oxygen atoms in total. The maximum absolute atomic E-state index is 9.73. The lowest BCUT2D eigenvalue weighted by Crippen LogP contribution is -2.00. The van der Waals surface area contributed by atoms with Crippen molar-refractivity contribution in [1.82, 2.24) is 13.7 Å². The molecule has 2 aromatic rings. The quantitative estimate of drug-likeness (QED) is 0.900. The SMILES string of the molecule is OC(Cc1cnsn1)c1ncc(Cl)s1. The van der Waals surface area contributed by atoms with E-state index in [0.29, 0.717) is 15.8 Å². The molecule has 0 radical (unpaired) electrons. The average molecular weight is 248 g/mol. The number of rotatable bonds is 3. The standard InChI is InChI=1S/C7H6ClN3OS2/c8-6-3-9-7(13-6)5(12)1-4-2-10-14-11-4/h2-3,5,12H,1H2. The van der Waals surface area contributed by atoms with Crippen molar-refractivity contribution < 1.29 is 5.11 Å². The predicted octanol–water partition coefficient (Wildman–Crippen LogP) is 1.92. The maximum Gasteiger partial charge on any atom is 0.123 e. The summed E-state index contributed by atoms with van der Waals surface area (Å²) in [5, 5.41) is 10.3. The Morgan fingerprint density at radius 2 is 2.36 bits per heavy atom. The summed E-state index contributed by atoms with van der Waals surface area (Å²) in [6, 6.07) is 0. The van der Waals surface area contributed by atoms with E-state index in [9.17, 15) is 5.11 Å². The first-order chi connectivity index (χ1) is 6.75. The van der Waals surface area contributed by atoms with Gasteiger partial charge in [-0.1, -0.05) is 11.6 Å². The summed E-state index contributed by atoms with van der Waals surface area (Å²) < 4.78 is 8.43. The summed E-state index contributed by atoms with van der Waals surface area (Å²) in [6.45, 7) is 0. The molecule has 0 aliphatic heterocycles. The second-order valence-corrected chi connectivity index (χ2v) is 4.87. The van der Waals surface area contributed by atoms with Crippen LogP contribution in [0.1, 0.15) is 16.8 Å². The Hall–Kier alpha value is -0.560. The van der Waals surface area contributed by atoms with Crippen molar-refractivity contribution in [2.75, 3.05) is 0 Å². The van der Waals surface area contributed by atoms with Gasteiger partial charge in [0.05, 0.1) is 29.8 Å². The molecule has 1 N–H and O–H groups in total. The first kappa shape index (κ1) is 9.97. The van der Waals surface area contributed by atoms with Gasteiger partial charge in [-0.25, -0.2) is 4.98 Å². The Labute approximate surface area is 93.5 Å². The van der Waals surface area contributed by atoms with Crippen molar-refractivity contribution in [2.24, 2.45) is 0 Å². The van der Waals surface area contributed by atoms with Gasteiger partial charge in [-0.15, -0.1) is 11.3 Å². The van der Waals surface area contributed by atoms with E-state index in [1.165, 1.54) is 17.5 Å². The second kappa shape index (κ2) is 4.31. The monoisotopic (exact) mass is 247 g/mol. The van der Waals surface area contributed by atoms with E-state index in [1.807, 2.05) is 0 Å². The Morgan fingerprint density at radius 3 is 2.93 bits per heavy atom. The Bertz CT molecular complexity index is 403. The fourth-order valence-electron chi connectivity index (χ4n) is 0.980. The minimum Gasteiger partial charge on any atom is -0.386 e. The molecule has 0 spiro atoms. The number of nitrogens with zero attached hydrogens (tertiary/aromatic N) is 3. The molecule has 7 heteroatoms. The minimum atomic E-state index is -0.642. The molecule has 0 amide bonds. The lowest BCUT2D eigenvalue weighted by Gasteiger charge is -2.03. The van der Waals surface area contributed by atoms with Gasteiger partial charge in [-0.2, -0.15) is 8.75 Å². The van der Waals surface area contributed by atoms with Crippen LogP contribution in [0.3, 0.4) is 0 Å². The van der Waals surface area contributed by atoms with Crippen LogP contribution in [0.5, 0.6) is 0 Å². The molecule has 0 aromatic carbocycles. The summed E-state index contributed by atoms with van der Waals surface area (Å²) in [4.78, 5) is 3.99. The molecular weight excluding hydrogens is 242 g/mol. The van der Waals surface area contributed by atoms with Gasteiger partial charge in [-0.05, 0) is 0 Å². The first-order valence-electron chi connectivity index (χ1n) is 3.81. The zero-order chi connectivity index (χ0) is 9.97. The summed E-state index contributed by atoms with van der Waals surface area (Å²) in [5.41, 5.74) is 0.772. The van der Waals surface area contributed by atoms with Crippen molar-refractivity contribution in [3.8, 4) is 0 Å². The van der Waals surface area contributed by atoms with Gasteiger partial charge in [-0.3, -0.25) is 0 Å². The van der Waals surface area contributed by atoms with E-state index in [0.717, 1.165) is 17.4 Å². The third kappa shape index (κ3) is 2.27. The number of hydrogen-bond acceptors (Lipinski definition) is 6. The third-order valence-electron chi connectivity index (χ3n) is 1.59. The molecule has 0 saturated heterocycles. The van der Waals surface area contributed by atoms with Crippen molar-refractivity contribution in [3.63, 3.8) is 0 Å². The minimum absolute atomic E-state index is 0.431. The largest absolute Gasteiger partial charge is 0.386 e. The first-order valence-corrected chi connectivity index (χ1v) is 5.74. The molecular formula is C7H6ClN3OS2. The van der Waals surface area contributed by atoms with Crippen molar-refractivity contribution in [2.45, 2.75) is 12.5 Å². The van der Waals surface area contributed by atoms with E-state index in [-0.39, 0.29) is 0 Å². The van der Waals surface area contributed by atoms with Crippen LogP contribution in [0.2, 0.25) is 4.34 Å². The van der Waals surface area contributed by atoms with Gasteiger partial charge in [0.15, 0.2) is 0 Å². The Morgan fingerprint density at radius 1 is 1.50 bits per heavy atom. The Balaban J connectivity index is 2.06. The van der Waals surface area contributed by atoms with Crippen LogP contribution < -0.4 is 0 Å². The van der Waals surface area contributed by atoms with Gasteiger partial charge in [0.25, 0.3) is 0 Å². The topological polar surface area (TPSA) is 58.9 Å². The van der Waals surface area contributed by atoms with Gasteiger partial charge < -0.3 is 5.11 Å². The molecule has 0 fully saturated rings. The van der Waals surface area contributed by atoms with Crippen LogP contribution in [0.25, 0.3) is 0 Å². The van der Waals surface area contributed by atoms with Crippen LogP contribution >= 0.6 is 34.7 Å². The van der Waals surface area contributed by atoms with Crippen molar-refractivity contribution in [1.29, 1.82) is 0 Å². The fraction of sp³-hybridized carbons (Fsp3) is 0.286. The molecule has 0 aliphatic rings. The van der Waals surface area contributed by atoms with Crippen LogP contribution in [-0.4, -0.2) is 18.8 Å². The van der Waals surface area contributed by atoms with Gasteiger partial charge in [0.1, 0.15) is 15.4 Å². The zero-order valence-electron chi connectivity index (χ0n) is 6.92. The highest BCUT2D eigenvalue weighted by Gasteiger charge is 2.13. The molecule has 1 unspecified atom stereocenters. The second-order valence-electron chi connectivity index (χ2n) is 2.62. The number of aliphatic hydroxyl groups excluding tert-OH is 1. The summed E-state index contributed by atoms with van der Waals surface area (Å²) in [7, 11) is 0. The highest BCUT2D eigenvalue weighted by atomic mass is 35.5. The molecule has 2 heterocycles. The molecule has 0 bridgehead atoms. The number of aromatic nitrogens is 3. The number of thiazole rings is 1. The van der Waals surface area contributed by atoms with E-state index < -0.39 is 6.10 Å². The normalized spacial score (nSPS) is 13.0. The summed E-state index contributed by atoms with van der Waals surface area (Å²) in [6.07, 6.45) is 2.96. The molecule has 0 aliphatic carbocycles. The molecule has 2 rings (SSSR count). The van der Waals surface area contributed by atoms with E-state index in [1.54, 1.807) is 6.20 Å². The predicted molar refractivity (Wildman–Crippen MR) is 55.7 cm³/mol. The van der Waals surface area contributed by atoms with Crippen LogP contribution in [0.4, 0.5) is 0 Å². The summed E-state index contributed by atoms with van der Waals surface area (Å²) in [5.74, 6) is 0. The molecule has 14 heavy (non-hydrogen) atoms. The van der Waals surface area contributed by atoms with E-state index in [2.05, 4.69) is 13.7 Å². The Kier molecular flexibility index (Phi) is 3.07. The molecule has 1 atom stereocenters. The van der Waals surface area contributed by atoms with E-state index in [4.69, 9.17) is 11.6 Å². The van der Waals surface area contributed by atoms with Crippen molar-refractivity contribution in [3.05, 3.63) is 27.4 Å². The van der Waals surface area contributed by atoms with Gasteiger partial charge >= 0.3 is 0 Å². The van der Waals surface area contributed by atoms with Crippen LogP contribution in [0, 0.1) is 0 Å². The molecule has 0 saturated carbocycles. The van der Waals surface area contributed by atoms with Crippen LogP contribution in [0.15, 0.2) is 12.4 Å². The molecule has 74 valence electrons. The maximum atomic E-state index is 9.73. The molecule has 2 aromatic heterocycles. The number of hydrogen-bond donors (Lipinski definition) is 1. The van der Waals surface area contributed by atoms with Gasteiger partial charge in [0, 0.05) is 6.42 Å². The van der Waals surface area contributed by atoms with E-state index >= 15 is 0 Å². The smallest absolute Gasteiger partial charge is 0.123 e. The average Bonchev–Trinajstić information content (AvgIpc) is 2.75. The van der Waals surface area contributed by atoms with Gasteiger partial charge in [0.2, 0.25) is 0 Å². The lowest BCUT2D eigenvalue weighted by molar-refractivity contribution is 0.177. The third-order valence-corrected chi connectivity index (χ3v) is 3.32. The number of halogens is 1. The number of aliphatic hydroxyl groups is 1. The lowest BCUT2D eigenvalue weighted by atomic mass is 10.2.